The average Bonchev–Trinajstić information content (AvgIpc) is 2.58. The van der Waals surface area contributed by atoms with Crippen molar-refractivity contribution in [3.8, 4) is 17.2 Å². The Morgan fingerprint density at radius 2 is 1.79 bits per heavy atom. The number of ether oxygens (including phenoxy) is 2. The number of phenolic OH excluding ortho intramolecular Hbond substituents is 1. The molecule has 0 bridgehead atoms. The zero-order valence-electron chi connectivity index (χ0n) is 12.9. The summed E-state index contributed by atoms with van der Waals surface area (Å²) < 4.78 is 11.2. The first-order valence-electron chi connectivity index (χ1n) is 6.75. The second kappa shape index (κ2) is 7.55. The molecule has 2 aromatic carbocycles. The molecule has 0 saturated heterocycles. The van der Waals surface area contributed by atoms with Crippen LogP contribution in [0.15, 0.2) is 41.1 Å². The monoisotopic (exact) mass is 411 g/mol. The number of anilines is 2. The first-order chi connectivity index (χ1) is 11.1. The largest absolute Gasteiger partial charge is 0.507 e. The number of aromatic hydroxyl groups is 1. The van der Waals surface area contributed by atoms with Gasteiger partial charge in [-0.15, -0.1) is 12.4 Å². The number of halogens is 2. The van der Waals surface area contributed by atoms with Crippen LogP contribution in [0.4, 0.5) is 11.5 Å². The molecule has 3 rings (SSSR count). The van der Waals surface area contributed by atoms with Crippen LogP contribution < -0.4 is 14.8 Å². The van der Waals surface area contributed by atoms with Gasteiger partial charge in [0.2, 0.25) is 0 Å². The molecule has 0 amide bonds. The summed E-state index contributed by atoms with van der Waals surface area (Å²) in [7, 11) is 3.15. The molecule has 8 heteroatoms. The van der Waals surface area contributed by atoms with Gasteiger partial charge in [0, 0.05) is 11.5 Å². The van der Waals surface area contributed by atoms with Crippen LogP contribution in [0.2, 0.25) is 0 Å². The Labute approximate surface area is 153 Å². The lowest BCUT2D eigenvalue weighted by molar-refractivity contribution is 0.356. The molecular formula is C16H15BrClN3O3. The van der Waals surface area contributed by atoms with Crippen molar-refractivity contribution in [3.63, 3.8) is 0 Å². The number of phenols is 1. The van der Waals surface area contributed by atoms with Crippen LogP contribution in [-0.2, 0) is 0 Å². The maximum Gasteiger partial charge on any atom is 0.162 e. The molecule has 0 atom stereocenters. The summed E-state index contributed by atoms with van der Waals surface area (Å²) in [5.74, 6) is 1.94. The third-order valence-electron chi connectivity index (χ3n) is 3.37. The van der Waals surface area contributed by atoms with Gasteiger partial charge in [-0.05, 0) is 34.1 Å². The van der Waals surface area contributed by atoms with E-state index in [2.05, 4.69) is 31.2 Å². The van der Waals surface area contributed by atoms with E-state index in [4.69, 9.17) is 9.47 Å². The molecule has 0 aliphatic heterocycles. The zero-order chi connectivity index (χ0) is 16.4. The molecule has 1 heterocycles. The van der Waals surface area contributed by atoms with Crippen LogP contribution >= 0.6 is 28.3 Å². The number of aromatic nitrogens is 2. The van der Waals surface area contributed by atoms with Gasteiger partial charge in [-0.25, -0.2) is 9.97 Å². The summed E-state index contributed by atoms with van der Waals surface area (Å²) in [5, 5.41) is 13.8. The first kappa shape index (κ1) is 18.1. The predicted octanol–water partition coefficient (Wildman–Crippen LogP) is 4.28. The highest BCUT2D eigenvalue weighted by Crippen LogP contribution is 2.37. The fraction of sp³-hybridized carbons (Fsp3) is 0.125. The van der Waals surface area contributed by atoms with Crippen molar-refractivity contribution in [2.75, 3.05) is 19.5 Å². The van der Waals surface area contributed by atoms with E-state index < -0.39 is 0 Å². The molecule has 3 aromatic rings. The lowest BCUT2D eigenvalue weighted by Gasteiger charge is -2.13. The van der Waals surface area contributed by atoms with Gasteiger partial charge in [0.1, 0.15) is 17.9 Å². The van der Waals surface area contributed by atoms with Crippen LogP contribution in [0.5, 0.6) is 17.2 Å². The van der Waals surface area contributed by atoms with Gasteiger partial charge in [0.25, 0.3) is 0 Å². The van der Waals surface area contributed by atoms with E-state index in [1.165, 1.54) is 6.33 Å². The van der Waals surface area contributed by atoms with Crippen molar-refractivity contribution in [2.24, 2.45) is 0 Å². The maximum atomic E-state index is 9.79. The number of benzene rings is 2. The summed E-state index contributed by atoms with van der Waals surface area (Å²) in [6.45, 7) is 0. The van der Waals surface area contributed by atoms with Crippen molar-refractivity contribution in [2.45, 2.75) is 0 Å². The van der Waals surface area contributed by atoms with Crippen molar-refractivity contribution in [1.29, 1.82) is 0 Å². The number of hydrogen-bond donors (Lipinski definition) is 2. The van der Waals surface area contributed by atoms with E-state index in [1.807, 2.05) is 12.1 Å². The summed E-state index contributed by atoms with van der Waals surface area (Å²) in [4.78, 5) is 8.54. The highest BCUT2D eigenvalue weighted by atomic mass is 79.9. The summed E-state index contributed by atoms with van der Waals surface area (Å²) in [6, 6.07) is 8.78. The minimum Gasteiger partial charge on any atom is -0.507 e. The fourth-order valence-corrected chi connectivity index (χ4v) is 2.59. The fourth-order valence-electron chi connectivity index (χ4n) is 2.23. The SMILES string of the molecule is COc1cc2ncnc(Nc3cccc(O)c3Br)c2cc1OC.Cl. The van der Waals surface area contributed by atoms with Crippen molar-refractivity contribution in [3.05, 3.63) is 41.1 Å². The third kappa shape index (κ3) is 3.32. The second-order valence-electron chi connectivity index (χ2n) is 4.71. The van der Waals surface area contributed by atoms with E-state index in [-0.39, 0.29) is 18.2 Å². The highest BCUT2D eigenvalue weighted by Gasteiger charge is 2.12. The molecule has 1 aromatic heterocycles. The number of hydrogen-bond acceptors (Lipinski definition) is 6. The Bertz CT molecular complexity index is 877. The molecule has 0 saturated carbocycles. The normalized spacial score (nSPS) is 10.1. The molecule has 0 spiro atoms. The number of methoxy groups -OCH3 is 2. The van der Waals surface area contributed by atoms with Gasteiger partial charge in [-0.2, -0.15) is 0 Å². The van der Waals surface area contributed by atoms with E-state index in [9.17, 15) is 5.11 Å². The van der Waals surface area contributed by atoms with Gasteiger partial charge < -0.3 is 19.9 Å². The molecule has 24 heavy (non-hydrogen) atoms. The quantitative estimate of drug-likeness (QED) is 0.666. The van der Waals surface area contributed by atoms with Gasteiger partial charge in [0.15, 0.2) is 11.5 Å². The smallest absolute Gasteiger partial charge is 0.162 e. The van der Waals surface area contributed by atoms with E-state index in [0.29, 0.717) is 27.5 Å². The lowest BCUT2D eigenvalue weighted by Crippen LogP contribution is -1.98. The van der Waals surface area contributed by atoms with Gasteiger partial charge in [-0.3, -0.25) is 0 Å². The minimum absolute atomic E-state index is 0. The Kier molecular flexibility index (Phi) is 5.69. The van der Waals surface area contributed by atoms with Crippen molar-refractivity contribution in [1.82, 2.24) is 9.97 Å². The number of nitrogens with zero attached hydrogens (tertiary/aromatic N) is 2. The number of rotatable bonds is 4. The van der Waals surface area contributed by atoms with Crippen LogP contribution in [0.1, 0.15) is 0 Å². The standard InChI is InChI=1S/C16H14BrN3O3.ClH/c1-22-13-6-9-11(7-14(13)23-2)18-8-19-16(9)20-10-4-3-5-12(21)15(10)17;/h3-8,21H,1-2H3,(H,18,19,20);1H. The summed E-state index contributed by atoms with van der Waals surface area (Å²) in [6.07, 6.45) is 1.47. The van der Waals surface area contributed by atoms with Gasteiger partial charge in [0.05, 0.1) is 29.9 Å². The van der Waals surface area contributed by atoms with Gasteiger partial charge >= 0.3 is 0 Å². The molecule has 6 nitrogen and oxygen atoms in total. The summed E-state index contributed by atoms with van der Waals surface area (Å²) in [5.41, 5.74) is 1.41. The zero-order valence-corrected chi connectivity index (χ0v) is 15.3. The van der Waals surface area contributed by atoms with Crippen LogP contribution in [-0.4, -0.2) is 29.3 Å². The minimum atomic E-state index is 0. The molecule has 0 aliphatic rings. The van der Waals surface area contributed by atoms with Crippen LogP contribution in [0.3, 0.4) is 0 Å². The first-order valence-corrected chi connectivity index (χ1v) is 7.54. The highest BCUT2D eigenvalue weighted by molar-refractivity contribution is 9.10. The van der Waals surface area contributed by atoms with E-state index in [1.54, 1.807) is 32.4 Å². The Morgan fingerprint density at radius 3 is 2.50 bits per heavy atom. The van der Waals surface area contributed by atoms with Crippen molar-refractivity contribution < 1.29 is 14.6 Å². The molecule has 0 aliphatic carbocycles. The van der Waals surface area contributed by atoms with Crippen molar-refractivity contribution >= 4 is 50.7 Å². The lowest BCUT2D eigenvalue weighted by atomic mass is 10.2. The van der Waals surface area contributed by atoms with Crippen LogP contribution in [0, 0.1) is 0 Å². The van der Waals surface area contributed by atoms with Gasteiger partial charge in [-0.1, -0.05) is 6.07 Å². The predicted molar refractivity (Wildman–Crippen MR) is 99.0 cm³/mol. The molecular weight excluding hydrogens is 398 g/mol. The maximum absolute atomic E-state index is 9.79. The number of fused-ring (bicyclic) bond motifs is 1. The molecule has 2 N–H and O–H groups in total. The van der Waals surface area contributed by atoms with Crippen LogP contribution in [0.25, 0.3) is 10.9 Å². The Balaban J connectivity index is 0.00000208. The van der Waals surface area contributed by atoms with E-state index >= 15 is 0 Å². The van der Waals surface area contributed by atoms with E-state index in [0.717, 1.165) is 10.9 Å². The Morgan fingerprint density at radius 1 is 1.08 bits per heavy atom. The average molecular weight is 413 g/mol. The molecule has 126 valence electrons. The summed E-state index contributed by atoms with van der Waals surface area (Å²) >= 11 is 3.35. The number of nitrogens with one attached hydrogen (secondary N) is 1. The molecule has 0 unspecified atom stereocenters. The Hall–Kier alpha value is -2.25. The molecule has 0 radical (unpaired) electrons. The molecule has 0 fully saturated rings. The topological polar surface area (TPSA) is 76.5 Å². The third-order valence-corrected chi connectivity index (χ3v) is 4.21. The second-order valence-corrected chi connectivity index (χ2v) is 5.50.